The zero-order chi connectivity index (χ0) is 13.0. The quantitative estimate of drug-likeness (QED) is 0.680. The predicted molar refractivity (Wildman–Crippen MR) is 69.2 cm³/mol. The second-order valence-corrected chi connectivity index (χ2v) is 6.22. The minimum Gasteiger partial charge on any atom is -0.342 e. The van der Waals surface area contributed by atoms with Gasteiger partial charge in [0.1, 0.15) is 0 Å². The van der Waals surface area contributed by atoms with Crippen LogP contribution < -0.4 is 5.73 Å². The van der Waals surface area contributed by atoms with Gasteiger partial charge in [-0.1, -0.05) is 20.8 Å². The van der Waals surface area contributed by atoms with Crippen LogP contribution in [0.3, 0.4) is 0 Å². The summed E-state index contributed by atoms with van der Waals surface area (Å²) >= 11 is 0. The molecular formula is C13H28N2O. The monoisotopic (exact) mass is 228 g/mol. The smallest absolute Gasteiger partial charge is 0.209 e. The highest BCUT2D eigenvalue weighted by Gasteiger charge is 2.30. The van der Waals surface area contributed by atoms with E-state index in [0.29, 0.717) is 0 Å². The van der Waals surface area contributed by atoms with Crippen LogP contribution in [0.25, 0.3) is 0 Å². The molecule has 2 N–H and O–H groups in total. The van der Waals surface area contributed by atoms with E-state index in [1.165, 1.54) is 0 Å². The molecule has 0 aromatic rings. The summed E-state index contributed by atoms with van der Waals surface area (Å²) in [7, 11) is 0. The Morgan fingerprint density at radius 2 is 1.81 bits per heavy atom. The van der Waals surface area contributed by atoms with Gasteiger partial charge in [-0.15, -0.1) is 0 Å². The molecule has 1 amide bonds. The minimum absolute atomic E-state index is 0.0602. The second-order valence-electron chi connectivity index (χ2n) is 6.22. The van der Waals surface area contributed by atoms with Crippen molar-refractivity contribution in [2.45, 2.75) is 66.0 Å². The zero-order valence-corrected chi connectivity index (χ0v) is 11.7. The molecular weight excluding hydrogens is 200 g/mol. The number of carbonyl (C=O) groups excluding carboxylic acids is 1. The van der Waals surface area contributed by atoms with Crippen LogP contribution in [0.2, 0.25) is 0 Å². The SMILES string of the molecule is CCC(C)(N)CC(C)(C)CN(C=O)C(C)C. The molecule has 0 spiro atoms. The highest BCUT2D eigenvalue weighted by Crippen LogP contribution is 2.29. The summed E-state index contributed by atoms with van der Waals surface area (Å²) in [5.74, 6) is 0. The molecule has 0 saturated heterocycles. The summed E-state index contributed by atoms with van der Waals surface area (Å²) in [6.07, 6.45) is 2.82. The van der Waals surface area contributed by atoms with Crippen molar-refractivity contribution in [1.82, 2.24) is 4.90 Å². The van der Waals surface area contributed by atoms with Gasteiger partial charge in [-0.3, -0.25) is 4.79 Å². The molecule has 0 bridgehead atoms. The van der Waals surface area contributed by atoms with E-state index in [0.717, 1.165) is 25.8 Å². The lowest BCUT2D eigenvalue weighted by molar-refractivity contribution is -0.121. The zero-order valence-electron chi connectivity index (χ0n) is 11.7. The van der Waals surface area contributed by atoms with Crippen LogP contribution in [0, 0.1) is 5.41 Å². The van der Waals surface area contributed by atoms with Crippen LogP contribution in [0.15, 0.2) is 0 Å². The summed E-state index contributed by atoms with van der Waals surface area (Å²) < 4.78 is 0. The molecule has 0 heterocycles. The van der Waals surface area contributed by atoms with Gasteiger partial charge in [0.05, 0.1) is 0 Å². The normalized spacial score (nSPS) is 16.0. The predicted octanol–water partition coefficient (Wildman–Crippen LogP) is 2.40. The summed E-state index contributed by atoms with van der Waals surface area (Å²) in [4.78, 5) is 12.8. The van der Waals surface area contributed by atoms with Crippen LogP contribution in [0.4, 0.5) is 0 Å². The van der Waals surface area contributed by atoms with E-state index in [-0.39, 0.29) is 17.0 Å². The van der Waals surface area contributed by atoms with Crippen molar-refractivity contribution in [3.8, 4) is 0 Å². The third kappa shape index (κ3) is 5.50. The molecule has 1 unspecified atom stereocenters. The largest absolute Gasteiger partial charge is 0.342 e. The molecule has 0 aliphatic rings. The second kappa shape index (κ2) is 5.67. The lowest BCUT2D eigenvalue weighted by Gasteiger charge is -2.38. The Morgan fingerprint density at radius 3 is 2.12 bits per heavy atom. The van der Waals surface area contributed by atoms with E-state index in [1.54, 1.807) is 0 Å². The number of hydrogen-bond acceptors (Lipinski definition) is 2. The third-order valence-electron chi connectivity index (χ3n) is 3.10. The molecule has 0 aromatic carbocycles. The Bertz CT molecular complexity index is 222. The molecule has 0 radical (unpaired) electrons. The van der Waals surface area contributed by atoms with Crippen molar-refractivity contribution >= 4 is 6.41 Å². The van der Waals surface area contributed by atoms with Gasteiger partial charge in [0.15, 0.2) is 0 Å². The van der Waals surface area contributed by atoms with E-state index in [9.17, 15) is 4.79 Å². The number of nitrogens with two attached hydrogens (primary N) is 1. The van der Waals surface area contributed by atoms with Gasteiger partial charge < -0.3 is 10.6 Å². The first-order valence-corrected chi connectivity index (χ1v) is 6.13. The van der Waals surface area contributed by atoms with Crippen LogP contribution in [0.5, 0.6) is 0 Å². The summed E-state index contributed by atoms with van der Waals surface area (Å²) in [5, 5.41) is 0. The van der Waals surface area contributed by atoms with Gasteiger partial charge >= 0.3 is 0 Å². The maximum atomic E-state index is 11.0. The fraction of sp³-hybridized carbons (Fsp3) is 0.923. The van der Waals surface area contributed by atoms with Crippen molar-refractivity contribution < 1.29 is 4.79 Å². The number of nitrogens with zero attached hydrogens (tertiary/aromatic N) is 1. The van der Waals surface area contributed by atoms with Gasteiger partial charge in [-0.2, -0.15) is 0 Å². The third-order valence-corrected chi connectivity index (χ3v) is 3.10. The average Bonchev–Trinajstić information content (AvgIpc) is 2.12. The number of rotatable bonds is 7. The maximum absolute atomic E-state index is 11.0. The fourth-order valence-corrected chi connectivity index (χ4v) is 2.11. The van der Waals surface area contributed by atoms with Gasteiger partial charge in [0.2, 0.25) is 6.41 Å². The molecule has 0 rings (SSSR count). The van der Waals surface area contributed by atoms with E-state index in [2.05, 4.69) is 27.7 Å². The van der Waals surface area contributed by atoms with Gasteiger partial charge in [0, 0.05) is 18.1 Å². The van der Waals surface area contributed by atoms with Gasteiger partial charge in [-0.25, -0.2) is 0 Å². The molecule has 0 fully saturated rings. The molecule has 1 atom stereocenters. The van der Waals surface area contributed by atoms with E-state index in [1.807, 2.05) is 18.7 Å². The summed E-state index contributed by atoms with van der Waals surface area (Å²) in [6.45, 7) is 13.4. The van der Waals surface area contributed by atoms with Crippen molar-refractivity contribution in [3.05, 3.63) is 0 Å². The Hall–Kier alpha value is -0.570. The van der Waals surface area contributed by atoms with E-state index >= 15 is 0 Å². The molecule has 3 nitrogen and oxygen atoms in total. The first kappa shape index (κ1) is 15.4. The van der Waals surface area contributed by atoms with E-state index in [4.69, 9.17) is 5.73 Å². The molecule has 0 aromatic heterocycles. The Labute approximate surface area is 100 Å². The van der Waals surface area contributed by atoms with E-state index < -0.39 is 0 Å². The average molecular weight is 228 g/mol. The number of hydrogen-bond donors (Lipinski definition) is 1. The molecule has 0 aliphatic heterocycles. The highest BCUT2D eigenvalue weighted by molar-refractivity contribution is 5.47. The lowest BCUT2D eigenvalue weighted by atomic mass is 9.78. The standard InChI is InChI=1S/C13H28N2O/c1-7-13(6,14)8-12(4,5)9-15(10-16)11(2)3/h10-11H,7-9,14H2,1-6H3. The molecule has 16 heavy (non-hydrogen) atoms. The Morgan fingerprint density at radius 1 is 1.31 bits per heavy atom. The Balaban J connectivity index is 4.49. The van der Waals surface area contributed by atoms with Gasteiger partial charge in [0.25, 0.3) is 0 Å². The van der Waals surface area contributed by atoms with Gasteiger partial charge in [-0.05, 0) is 39.0 Å². The maximum Gasteiger partial charge on any atom is 0.209 e. The van der Waals surface area contributed by atoms with Crippen molar-refractivity contribution in [2.75, 3.05) is 6.54 Å². The summed E-state index contributed by atoms with van der Waals surface area (Å²) in [6, 6.07) is 0.252. The summed E-state index contributed by atoms with van der Waals surface area (Å²) in [5.41, 5.74) is 6.10. The lowest BCUT2D eigenvalue weighted by Crippen LogP contribution is -2.45. The van der Waals surface area contributed by atoms with Crippen molar-refractivity contribution in [2.24, 2.45) is 11.1 Å². The number of carbonyl (C=O) groups is 1. The minimum atomic E-state index is -0.144. The highest BCUT2D eigenvalue weighted by atomic mass is 16.1. The molecule has 0 aliphatic carbocycles. The van der Waals surface area contributed by atoms with Crippen molar-refractivity contribution in [3.63, 3.8) is 0 Å². The first-order valence-electron chi connectivity index (χ1n) is 6.13. The number of amides is 1. The van der Waals surface area contributed by atoms with Crippen molar-refractivity contribution in [1.29, 1.82) is 0 Å². The molecule has 3 heteroatoms. The molecule has 96 valence electrons. The molecule has 0 saturated carbocycles. The van der Waals surface area contributed by atoms with Crippen LogP contribution in [0.1, 0.15) is 54.4 Å². The fourth-order valence-electron chi connectivity index (χ4n) is 2.11. The Kier molecular flexibility index (Phi) is 5.47. The van der Waals surface area contributed by atoms with Crippen LogP contribution in [-0.4, -0.2) is 29.4 Å². The topological polar surface area (TPSA) is 46.3 Å². The van der Waals surface area contributed by atoms with Crippen LogP contribution in [-0.2, 0) is 4.79 Å². The first-order chi connectivity index (χ1) is 7.13. The van der Waals surface area contributed by atoms with Crippen LogP contribution >= 0.6 is 0 Å².